The smallest absolute Gasteiger partial charge is 0.261 e. The number of amides is 2. The van der Waals surface area contributed by atoms with Gasteiger partial charge in [0.2, 0.25) is 0 Å². The first-order valence-electron chi connectivity index (χ1n) is 12.5. The lowest BCUT2D eigenvalue weighted by atomic mass is 9.87. The lowest BCUT2D eigenvalue weighted by Crippen LogP contribution is -2.41. The van der Waals surface area contributed by atoms with Crippen molar-refractivity contribution in [3.63, 3.8) is 0 Å². The van der Waals surface area contributed by atoms with Crippen LogP contribution >= 0.6 is 0 Å². The number of ether oxygens (including phenoxy) is 1. The molecule has 1 N–H and O–H groups in total. The Kier molecular flexibility index (Phi) is 7.86. The van der Waals surface area contributed by atoms with E-state index in [1.807, 2.05) is 72.5 Å². The van der Waals surface area contributed by atoms with E-state index in [0.717, 1.165) is 17.5 Å². The molecule has 4 rings (SSSR count). The Bertz CT molecular complexity index is 1140. The zero-order valence-corrected chi connectivity index (χ0v) is 20.7. The van der Waals surface area contributed by atoms with Gasteiger partial charge in [0, 0.05) is 18.7 Å². The van der Waals surface area contributed by atoms with Crippen LogP contribution in [0.5, 0.6) is 5.75 Å². The van der Waals surface area contributed by atoms with Crippen LogP contribution in [0.3, 0.4) is 0 Å². The van der Waals surface area contributed by atoms with Crippen molar-refractivity contribution in [1.82, 2.24) is 10.2 Å². The first kappa shape index (κ1) is 24.5. The van der Waals surface area contributed by atoms with E-state index >= 15 is 0 Å². The van der Waals surface area contributed by atoms with E-state index in [2.05, 4.69) is 37.4 Å². The molecule has 2 atom stereocenters. The van der Waals surface area contributed by atoms with Gasteiger partial charge in [-0.1, -0.05) is 75.4 Å². The number of carbonyl (C=O) groups is 2. The van der Waals surface area contributed by atoms with Crippen LogP contribution in [0.2, 0.25) is 0 Å². The first-order valence-corrected chi connectivity index (χ1v) is 12.5. The SMILES string of the molecule is CCC(Oc1ccc2c(c1)C(c1ccccc1)N(C(=O)c1ccccc1)CC2)C(=O)NCC(C)C. The van der Waals surface area contributed by atoms with Crippen molar-refractivity contribution in [3.8, 4) is 5.75 Å². The van der Waals surface area contributed by atoms with Gasteiger partial charge >= 0.3 is 0 Å². The molecule has 0 aromatic heterocycles. The molecule has 0 aliphatic carbocycles. The van der Waals surface area contributed by atoms with Gasteiger partial charge in [0.05, 0.1) is 6.04 Å². The summed E-state index contributed by atoms with van der Waals surface area (Å²) in [4.78, 5) is 28.2. The molecule has 2 unspecified atom stereocenters. The minimum Gasteiger partial charge on any atom is -0.481 e. The second-order valence-electron chi connectivity index (χ2n) is 9.44. The number of rotatable bonds is 8. The molecule has 0 spiro atoms. The van der Waals surface area contributed by atoms with Gasteiger partial charge in [-0.25, -0.2) is 0 Å². The Morgan fingerprint density at radius 3 is 2.34 bits per heavy atom. The molecule has 0 fully saturated rings. The van der Waals surface area contributed by atoms with Crippen LogP contribution in [-0.4, -0.2) is 35.9 Å². The van der Waals surface area contributed by atoms with Crippen molar-refractivity contribution in [1.29, 1.82) is 0 Å². The largest absolute Gasteiger partial charge is 0.481 e. The summed E-state index contributed by atoms with van der Waals surface area (Å²) in [7, 11) is 0. The highest BCUT2D eigenvalue weighted by Gasteiger charge is 2.33. The summed E-state index contributed by atoms with van der Waals surface area (Å²) in [6.07, 6.45) is 0.776. The molecule has 182 valence electrons. The van der Waals surface area contributed by atoms with Crippen LogP contribution in [-0.2, 0) is 11.2 Å². The average molecular weight is 471 g/mol. The molecule has 3 aromatic rings. The number of hydrogen-bond donors (Lipinski definition) is 1. The van der Waals surface area contributed by atoms with Crippen molar-refractivity contribution in [3.05, 3.63) is 101 Å². The Morgan fingerprint density at radius 2 is 1.69 bits per heavy atom. The number of carbonyl (C=O) groups excluding carboxylic acids is 2. The first-order chi connectivity index (χ1) is 17.0. The van der Waals surface area contributed by atoms with E-state index in [9.17, 15) is 9.59 Å². The van der Waals surface area contributed by atoms with E-state index in [4.69, 9.17) is 4.74 Å². The predicted octanol–water partition coefficient (Wildman–Crippen LogP) is 5.40. The number of fused-ring (bicyclic) bond motifs is 1. The van der Waals surface area contributed by atoms with E-state index in [1.54, 1.807) is 0 Å². The maximum Gasteiger partial charge on any atom is 0.261 e. The van der Waals surface area contributed by atoms with Crippen molar-refractivity contribution < 1.29 is 14.3 Å². The molecule has 35 heavy (non-hydrogen) atoms. The number of nitrogens with one attached hydrogen (secondary N) is 1. The number of benzene rings is 3. The fourth-order valence-corrected chi connectivity index (χ4v) is 4.53. The Labute approximate surface area is 208 Å². The summed E-state index contributed by atoms with van der Waals surface area (Å²) in [6.45, 7) is 7.34. The van der Waals surface area contributed by atoms with Gasteiger partial charge in [-0.3, -0.25) is 9.59 Å². The van der Waals surface area contributed by atoms with Gasteiger partial charge < -0.3 is 15.0 Å². The fourth-order valence-electron chi connectivity index (χ4n) is 4.53. The number of hydrogen-bond acceptors (Lipinski definition) is 3. The lowest BCUT2D eigenvalue weighted by Gasteiger charge is -2.38. The van der Waals surface area contributed by atoms with E-state index in [-0.39, 0.29) is 17.9 Å². The van der Waals surface area contributed by atoms with Gasteiger partial charge in [0.25, 0.3) is 11.8 Å². The van der Waals surface area contributed by atoms with Crippen molar-refractivity contribution in [2.75, 3.05) is 13.1 Å². The van der Waals surface area contributed by atoms with Crippen molar-refractivity contribution in [2.45, 2.75) is 45.8 Å². The summed E-state index contributed by atoms with van der Waals surface area (Å²) in [6, 6.07) is 25.3. The topological polar surface area (TPSA) is 58.6 Å². The van der Waals surface area contributed by atoms with Gasteiger partial charge in [-0.05, 0) is 59.7 Å². The molecule has 5 heteroatoms. The summed E-state index contributed by atoms with van der Waals surface area (Å²) < 4.78 is 6.17. The van der Waals surface area contributed by atoms with Crippen LogP contribution in [0.1, 0.15) is 60.3 Å². The monoisotopic (exact) mass is 470 g/mol. The maximum atomic E-state index is 13.6. The molecule has 1 aliphatic heterocycles. The summed E-state index contributed by atoms with van der Waals surface area (Å²) in [5.74, 6) is 0.931. The van der Waals surface area contributed by atoms with E-state index < -0.39 is 6.10 Å². The average Bonchev–Trinajstić information content (AvgIpc) is 2.90. The number of nitrogens with zero attached hydrogens (tertiary/aromatic N) is 1. The molecule has 1 aliphatic rings. The van der Waals surface area contributed by atoms with Crippen LogP contribution in [0, 0.1) is 5.92 Å². The minimum absolute atomic E-state index is 0.0101. The molecular weight excluding hydrogens is 436 g/mol. The minimum atomic E-state index is -0.562. The fraction of sp³-hybridized carbons (Fsp3) is 0.333. The highest BCUT2D eigenvalue weighted by Crippen LogP contribution is 2.38. The zero-order chi connectivity index (χ0) is 24.8. The van der Waals surface area contributed by atoms with Crippen molar-refractivity contribution in [2.24, 2.45) is 5.92 Å². The van der Waals surface area contributed by atoms with E-state index in [1.165, 1.54) is 5.56 Å². The quantitative estimate of drug-likeness (QED) is 0.479. The predicted molar refractivity (Wildman–Crippen MR) is 138 cm³/mol. The molecule has 0 saturated heterocycles. The third-order valence-electron chi connectivity index (χ3n) is 6.37. The van der Waals surface area contributed by atoms with Crippen LogP contribution in [0.15, 0.2) is 78.9 Å². The van der Waals surface area contributed by atoms with E-state index in [0.29, 0.717) is 36.7 Å². The third-order valence-corrected chi connectivity index (χ3v) is 6.37. The zero-order valence-electron chi connectivity index (χ0n) is 20.7. The summed E-state index contributed by atoms with van der Waals surface area (Å²) in [5, 5.41) is 2.97. The van der Waals surface area contributed by atoms with Gasteiger partial charge in [0.15, 0.2) is 6.10 Å². The molecule has 0 saturated carbocycles. The normalized spacial score (nSPS) is 15.9. The Morgan fingerprint density at radius 1 is 1.00 bits per heavy atom. The molecular formula is C30H34N2O3. The Balaban J connectivity index is 1.66. The third kappa shape index (κ3) is 5.73. The lowest BCUT2D eigenvalue weighted by molar-refractivity contribution is -0.128. The summed E-state index contributed by atoms with van der Waals surface area (Å²) >= 11 is 0. The maximum absolute atomic E-state index is 13.6. The van der Waals surface area contributed by atoms with Crippen LogP contribution in [0.4, 0.5) is 0 Å². The second kappa shape index (κ2) is 11.2. The molecule has 0 radical (unpaired) electrons. The van der Waals surface area contributed by atoms with Crippen molar-refractivity contribution >= 4 is 11.8 Å². The molecule has 1 heterocycles. The standard InChI is InChI=1S/C30H34N2O3/c1-4-27(29(33)31-20-21(2)3)35-25-16-15-22-17-18-32(30(34)24-13-9-6-10-14-24)28(26(22)19-25)23-11-7-5-8-12-23/h5-16,19,21,27-28H,4,17-18,20H2,1-3H3,(H,31,33). The van der Waals surface area contributed by atoms with Crippen LogP contribution < -0.4 is 10.1 Å². The molecule has 3 aromatic carbocycles. The summed E-state index contributed by atoms with van der Waals surface area (Å²) in [5.41, 5.74) is 3.97. The highest BCUT2D eigenvalue weighted by atomic mass is 16.5. The van der Waals surface area contributed by atoms with Gasteiger partial charge in [-0.2, -0.15) is 0 Å². The molecule has 2 amide bonds. The Hall–Kier alpha value is -3.60. The molecule has 5 nitrogen and oxygen atoms in total. The molecule has 0 bridgehead atoms. The highest BCUT2D eigenvalue weighted by molar-refractivity contribution is 5.95. The van der Waals surface area contributed by atoms with Gasteiger partial charge in [-0.15, -0.1) is 0 Å². The van der Waals surface area contributed by atoms with Gasteiger partial charge in [0.1, 0.15) is 5.75 Å². The second-order valence-corrected chi connectivity index (χ2v) is 9.44. The van der Waals surface area contributed by atoms with Crippen LogP contribution in [0.25, 0.3) is 0 Å².